The van der Waals surface area contributed by atoms with E-state index < -0.39 is 0 Å². The van der Waals surface area contributed by atoms with Gasteiger partial charge in [-0.25, -0.2) is 0 Å². The van der Waals surface area contributed by atoms with E-state index in [0.717, 1.165) is 25.9 Å². The van der Waals surface area contributed by atoms with Crippen molar-refractivity contribution in [3.05, 3.63) is 23.8 Å². The lowest BCUT2D eigenvalue weighted by Crippen LogP contribution is -2.39. The van der Waals surface area contributed by atoms with E-state index in [0.29, 0.717) is 6.04 Å². The summed E-state index contributed by atoms with van der Waals surface area (Å²) >= 11 is 1.99. The molecule has 17 heavy (non-hydrogen) atoms. The number of anilines is 1. The van der Waals surface area contributed by atoms with E-state index in [1.807, 2.05) is 11.8 Å². The second-order valence-corrected chi connectivity index (χ2v) is 5.71. The lowest BCUT2D eigenvalue weighted by molar-refractivity contribution is 0.651. The standard InChI is InChI=1S/C14H22N2S/c1-3-12-5-6-13-14(9-12)17-10-11(2)16(13)8-4-7-15/h5-6,9,11H,3-4,7-8,10,15H2,1-2H3. The Bertz CT molecular complexity index is 378. The summed E-state index contributed by atoms with van der Waals surface area (Å²) in [5.74, 6) is 1.19. The molecular formula is C14H22N2S. The van der Waals surface area contributed by atoms with Gasteiger partial charge in [-0.1, -0.05) is 13.0 Å². The third-order valence-corrected chi connectivity index (χ3v) is 4.64. The third kappa shape index (κ3) is 2.78. The zero-order valence-corrected chi connectivity index (χ0v) is 11.6. The normalized spacial score (nSPS) is 19.2. The van der Waals surface area contributed by atoms with Crippen LogP contribution in [0.25, 0.3) is 0 Å². The maximum absolute atomic E-state index is 5.62. The van der Waals surface area contributed by atoms with E-state index in [2.05, 4.69) is 36.9 Å². The molecule has 3 heteroatoms. The van der Waals surface area contributed by atoms with E-state index >= 15 is 0 Å². The minimum Gasteiger partial charge on any atom is -0.367 e. The van der Waals surface area contributed by atoms with E-state index in [4.69, 9.17) is 5.73 Å². The van der Waals surface area contributed by atoms with Gasteiger partial charge < -0.3 is 10.6 Å². The molecular weight excluding hydrogens is 228 g/mol. The van der Waals surface area contributed by atoms with Crippen molar-refractivity contribution >= 4 is 17.4 Å². The molecule has 2 nitrogen and oxygen atoms in total. The third-order valence-electron chi connectivity index (χ3n) is 3.36. The van der Waals surface area contributed by atoms with Crippen molar-refractivity contribution in [1.29, 1.82) is 0 Å². The summed E-state index contributed by atoms with van der Waals surface area (Å²) in [6, 6.07) is 7.51. The quantitative estimate of drug-likeness (QED) is 0.891. The molecule has 0 aliphatic carbocycles. The summed E-state index contributed by atoms with van der Waals surface area (Å²) in [5, 5.41) is 0. The van der Waals surface area contributed by atoms with Gasteiger partial charge in [0.05, 0.1) is 5.69 Å². The molecule has 1 aliphatic heterocycles. The Morgan fingerprint density at radius 1 is 1.47 bits per heavy atom. The van der Waals surface area contributed by atoms with Gasteiger partial charge in [0, 0.05) is 23.2 Å². The smallest absolute Gasteiger partial charge is 0.0507 e. The van der Waals surface area contributed by atoms with E-state index in [9.17, 15) is 0 Å². The number of nitrogens with zero attached hydrogens (tertiary/aromatic N) is 1. The molecule has 1 atom stereocenters. The Kier molecular flexibility index (Phi) is 4.35. The highest BCUT2D eigenvalue weighted by Gasteiger charge is 2.22. The van der Waals surface area contributed by atoms with Crippen molar-refractivity contribution in [2.24, 2.45) is 5.73 Å². The number of hydrogen-bond acceptors (Lipinski definition) is 3. The number of hydrogen-bond donors (Lipinski definition) is 1. The van der Waals surface area contributed by atoms with Crippen LogP contribution in [0.1, 0.15) is 25.8 Å². The molecule has 0 spiro atoms. The first kappa shape index (κ1) is 12.8. The summed E-state index contributed by atoms with van der Waals surface area (Å²) < 4.78 is 0. The summed E-state index contributed by atoms with van der Waals surface area (Å²) in [5.41, 5.74) is 8.46. The zero-order valence-electron chi connectivity index (χ0n) is 10.8. The van der Waals surface area contributed by atoms with E-state index in [1.165, 1.54) is 21.9 Å². The lowest BCUT2D eigenvalue weighted by Gasteiger charge is -2.37. The second kappa shape index (κ2) is 5.78. The number of nitrogens with two attached hydrogens (primary N) is 1. The van der Waals surface area contributed by atoms with Crippen molar-refractivity contribution < 1.29 is 0 Å². The maximum atomic E-state index is 5.62. The highest BCUT2D eigenvalue weighted by atomic mass is 32.2. The first-order chi connectivity index (χ1) is 8.26. The molecule has 1 aromatic rings. The Hall–Kier alpha value is -0.670. The molecule has 0 saturated heterocycles. The molecule has 2 N–H and O–H groups in total. The molecule has 1 aromatic carbocycles. The predicted molar refractivity (Wildman–Crippen MR) is 77.0 cm³/mol. The van der Waals surface area contributed by atoms with Crippen LogP contribution in [-0.2, 0) is 6.42 Å². The van der Waals surface area contributed by atoms with Gasteiger partial charge in [0.15, 0.2) is 0 Å². The second-order valence-electron chi connectivity index (χ2n) is 4.65. The van der Waals surface area contributed by atoms with E-state index in [-0.39, 0.29) is 0 Å². The SMILES string of the molecule is CCc1ccc2c(c1)SCC(C)N2CCCN. The average molecular weight is 250 g/mol. The number of fused-ring (bicyclic) bond motifs is 1. The number of thioether (sulfide) groups is 1. The number of benzene rings is 1. The molecule has 1 heterocycles. The van der Waals surface area contributed by atoms with Gasteiger partial charge in [-0.15, -0.1) is 11.8 Å². The molecule has 0 saturated carbocycles. The van der Waals surface area contributed by atoms with Crippen LogP contribution >= 0.6 is 11.8 Å². The summed E-state index contributed by atoms with van der Waals surface area (Å²) in [7, 11) is 0. The highest BCUT2D eigenvalue weighted by Crippen LogP contribution is 2.38. The van der Waals surface area contributed by atoms with Crippen molar-refractivity contribution in [1.82, 2.24) is 0 Å². The van der Waals surface area contributed by atoms with Crippen LogP contribution in [0, 0.1) is 0 Å². The van der Waals surface area contributed by atoms with Gasteiger partial charge in [0.25, 0.3) is 0 Å². The van der Waals surface area contributed by atoms with Crippen LogP contribution < -0.4 is 10.6 Å². The zero-order chi connectivity index (χ0) is 12.3. The summed E-state index contributed by atoms with van der Waals surface area (Å²) in [6.07, 6.45) is 2.19. The van der Waals surface area contributed by atoms with Crippen molar-refractivity contribution in [3.8, 4) is 0 Å². The number of rotatable bonds is 4. The van der Waals surface area contributed by atoms with Crippen LogP contribution in [0.2, 0.25) is 0 Å². The molecule has 94 valence electrons. The fraction of sp³-hybridized carbons (Fsp3) is 0.571. The van der Waals surface area contributed by atoms with E-state index in [1.54, 1.807) is 0 Å². The Labute approximate surface area is 109 Å². The van der Waals surface area contributed by atoms with Crippen LogP contribution in [0.5, 0.6) is 0 Å². The minimum absolute atomic E-state index is 0.617. The Morgan fingerprint density at radius 3 is 3.00 bits per heavy atom. The molecule has 0 aromatic heterocycles. The lowest BCUT2D eigenvalue weighted by atomic mass is 10.1. The minimum atomic E-state index is 0.617. The maximum Gasteiger partial charge on any atom is 0.0507 e. The van der Waals surface area contributed by atoms with Gasteiger partial charge in [0.2, 0.25) is 0 Å². The van der Waals surface area contributed by atoms with Crippen LogP contribution in [-0.4, -0.2) is 24.9 Å². The predicted octanol–water partition coefficient (Wildman–Crippen LogP) is 2.90. The highest BCUT2D eigenvalue weighted by molar-refractivity contribution is 7.99. The monoisotopic (exact) mass is 250 g/mol. The molecule has 2 rings (SSSR count). The van der Waals surface area contributed by atoms with Crippen molar-refractivity contribution in [3.63, 3.8) is 0 Å². The fourth-order valence-corrected chi connectivity index (χ4v) is 3.44. The fourth-order valence-electron chi connectivity index (χ4n) is 2.27. The molecule has 0 fully saturated rings. The van der Waals surface area contributed by atoms with Crippen LogP contribution in [0.3, 0.4) is 0 Å². The Balaban J connectivity index is 2.24. The molecule has 0 bridgehead atoms. The van der Waals surface area contributed by atoms with Crippen LogP contribution in [0.4, 0.5) is 5.69 Å². The molecule has 0 radical (unpaired) electrons. The van der Waals surface area contributed by atoms with Crippen molar-refractivity contribution in [2.75, 3.05) is 23.7 Å². The van der Waals surface area contributed by atoms with Gasteiger partial charge in [-0.3, -0.25) is 0 Å². The first-order valence-electron chi connectivity index (χ1n) is 6.48. The van der Waals surface area contributed by atoms with Gasteiger partial charge in [-0.05, 0) is 44.0 Å². The summed E-state index contributed by atoms with van der Waals surface area (Å²) in [4.78, 5) is 3.96. The largest absolute Gasteiger partial charge is 0.367 e. The first-order valence-corrected chi connectivity index (χ1v) is 7.47. The number of aryl methyl sites for hydroxylation is 1. The Morgan fingerprint density at radius 2 is 2.29 bits per heavy atom. The van der Waals surface area contributed by atoms with Gasteiger partial charge >= 0.3 is 0 Å². The molecule has 1 unspecified atom stereocenters. The molecule has 0 amide bonds. The topological polar surface area (TPSA) is 29.3 Å². The van der Waals surface area contributed by atoms with Crippen LogP contribution in [0.15, 0.2) is 23.1 Å². The van der Waals surface area contributed by atoms with Crippen molar-refractivity contribution in [2.45, 2.75) is 37.6 Å². The average Bonchev–Trinajstić information content (AvgIpc) is 2.37. The molecule has 1 aliphatic rings. The van der Waals surface area contributed by atoms with Gasteiger partial charge in [-0.2, -0.15) is 0 Å². The van der Waals surface area contributed by atoms with Gasteiger partial charge in [0.1, 0.15) is 0 Å². The summed E-state index contributed by atoms with van der Waals surface area (Å²) in [6.45, 7) is 6.37.